The maximum Gasteiger partial charge on any atom is 0.138 e. The average Bonchev–Trinajstić information content (AvgIpc) is 2.97. The highest BCUT2D eigenvalue weighted by atomic mass is 16.5. The summed E-state index contributed by atoms with van der Waals surface area (Å²) in [6, 6.07) is 13.4. The van der Waals surface area contributed by atoms with E-state index in [0.29, 0.717) is 5.71 Å². The van der Waals surface area contributed by atoms with Crippen LogP contribution in [-0.4, -0.2) is 28.0 Å². The molecule has 0 aliphatic heterocycles. The number of aromatic nitrogens is 2. The minimum absolute atomic E-state index is 0.567. The van der Waals surface area contributed by atoms with E-state index in [0.717, 1.165) is 33.7 Å². The van der Waals surface area contributed by atoms with Crippen LogP contribution < -0.4 is 4.74 Å². The van der Waals surface area contributed by atoms with Crippen LogP contribution in [0.2, 0.25) is 0 Å². The maximum atomic E-state index is 8.84. The van der Waals surface area contributed by atoms with Crippen LogP contribution in [0.15, 0.2) is 47.6 Å². The van der Waals surface area contributed by atoms with Crippen molar-refractivity contribution in [1.29, 1.82) is 0 Å². The summed E-state index contributed by atoms with van der Waals surface area (Å²) in [6.07, 6.45) is 0. The van der Waals surface area contributed by atoms with E-state index in [1.165, 1.54) is 0 Å². The lowest BCUT2D eigenvalue weighted by molar-refractivity contribution is 0.319. The fraction of sp³-hybridized carbons (Fsp3) is 0.125. The molecule has 0 fully saturated rings. The molecule has 2 N–H and O–H groups in total. The van der Waals surface area contributed by atoms with Crippen LogP contribution >= 0.6 is 0 Å². The molecular weight excluding hydrogens is 266 g/mol. The molecule has 1 heterocycles. The van der Waals surface area contributed by atoms with Gasteiger partial charge in [-0.05, 0) is 43.3 Å². The number of ether oxygens (including phenoxy) is 1. The highest BCUT2D eigenvalue weighted by Crippen LogP contribution is 2.23. The summed E-state index contributed by atoms with van der Waals surface area (Å²) >= 11 is 0. The van der Waals surface area contributed by atoms with E-state index in [1.807, 2.05) is 42.5 Å². The summed E-state index contributed by atoms with van der Waals surface area (Å²) in [5, 5.41) is 12.1. The topological polar surface area (TPSA) is 70.5 Å². The number of oxime groups is 1. The van der Waals surface area contributed by atoms with Crippen LogP contribution in [0.4, 0.5) is 0 Å². The standard InChI is InChI=1S/C16H15N3O2/c1-10(19-20)12-5-8-14-15(9-12)18-16(17-14)11-3-6-13(21-2)7-4-11/h3-9,20H,1-2H3,(H,17,18)/b19-10+. The zero-order valence-electron chi connectivity index (χ0n) is 11.8. The van der Waals surface area contributed by atoms with Gasteiger partial charge in [0.05, 0.1) is 23.9 Å². The molecule has 0 radical (unpaired) electrons. The lowest BCUT2D eigenvalue weighted by atomic mass is 10.1. The fourth-order valence-electron chi connectivity index (χ4n) is 2.18. The Hall–Kier alpha value is -2.82. The van der Waals surface area contributed by atoms with Gasteiger partial charge in [0.15, 0.2) is 0 Å². The SMILES string of the molecule is COc1ccc(-c2nc3ccc(/C(C)=N/O)cc3[nH]2)cc1. The average molecular weight is 281 g/mol. The molecule has 2 aromatic carbocycles. The molecule has 1 aromatic heterocycles. The zero-order valence-corrected chi connectivity index (χ0v) is 11.8. The van der Waals surface area contributed by atoms with Gasteiger partial charge in [-0.2, -0.15) is 0 Å². The number of benzene rings is 2. The monoisotopic (exact) mass is 281 g/mol. The third-order valence-electron chi connectivity index (χ3n) is 3.41. The number of hydrogen-bond acceptors (Lipinski definition) is 4. The van der Waals surface area contributed by atoms with Crippen molar-refractivity contribution < 1.29 is 9.94 Å². The first kappa shape index (κ1) is 13.2. The fourth-order valence-corrected chi connectivity index (χ4v) is 2.18. The predicted octanol–water partition coefficient (Wildman–Crippen LogP) is 3.44. The van der Waals surface area contributed by atoms with Gasteiger partial charge in [-0.3, -0.25) is 0 Å². The predicted molar refractivity (Wildman–Crippen MR) is 82.1 cm³/mol. The van der Waals surface area contributed by atoms with E-state index < -0.39 is 0 Å². The second-order valence-corrected chi connectivity index (χ2v) is 4.73. The molecule has 0 saturated heterocycles. The normalized spacial score (nSPS) is 11.8. The van der Waals surface area contributed by atoms with Crippen molar-refractivity contribution in [3.63, 3.8) is 0 Å². The Morgan fingerprint density at radius 1 is 1.19 bits per heavy atom. The van der Waals surface area contributed by atoms with Crippen molar-refractivity contribution >= 4 is 16.7 Å². The summed E-state index contributed by atoms with van der Waals surface area (Å²) in [5.74, 6) is 1.61. The summed E-state index contributed by atoms with van der Waals surface area (Å²) < 4.78 is 5.15. The molecule has 0 amide bonds. The molecule has 21 heavy (non-hydrogen) atoms. The lowest BCUT2D eigenvalue weighted by Gasteiger charge is -2.00. The highest BCUT2D eigenvalue weighted by Gasteiger charge is 2.07. The van der Waals surface area contributed by atoms with Crippen LogP contribution in [0.25, 0.3) is 22.4 Å². The van der Waals surface area contributed by atoms with Crippen LogP contribution in [0.5, 0.6) is 5.75 Å². The first-order valence-corrected chi connectivity index (χ1v) is 6.54. The molecule has 0 spiro atoms. The molecule has 3 aromatic rings. The smallest absolute Gasteiger partial charge is 0.138 e. The van der Waals surface area contributed by atoms with Crippen LogP contribution in [-0.2, 0) is 0 Å². The molecule has 0 aliphatic rings. The maximum absolute atomic E-state index is 8.84. The number of hydrogen-bond donors (Lipinski definition) is 2. The molecule has 0 unspecified atom stereocenters. The van der Waals surface area contributed by atoms with Crippen molar-refractivity contribution in [2.75, 3.05) is 7.11 Å². The van der Waals surface area contributed by atoms with E-state index >= 15 is 0 Å². The number of fused-ring (bicyclic) bond motifs is 1. The molecule has 0 atom stereocenters. The number of imidazole rings is 1. The summed E-state index contributed by atoms with van der Waals surface area (Å²) in [7, 11) is 1.64. The second kappa shape index (κ2) is 5.28. The first-order valence-electron chi connectivity index (χ1n) is 6.54. The molecule has 3 rings (SSSR count). The summed E-state index contributed by atoms with van der Waals surface area (Å²) in [5.41, 5.74) is 4.19. The largest absolute Gasteiger partial charge is 0.497 e. The van der Waals surface area contributed by atoms with Gasteiger partial charge in [-0.1, -0.05) is 11.2 Å². The minimum atomic E-state index is 0.567. The van der Waals surface area contributed by atoms with Gasteiger partial charge < -0.3 is 14.9 Å². The van der Waals surface area contributed by atoms with E-state index in [1.54, 1.807) is 14.0 Å². The lowest BCUT2D eigenvalue weighted by Crippen LogP contribution is -1.93. The number of nitrogens with one attached hydrogen (secondary N) is 1. The highest BCUT2D eigenvalue weighted by molar-refractivity contribution is 6.00. The Balaban J connectivity index is 2.03. The van der Waals surface area contributed by atoms with Gasteiger partial charge in [0, 0.05) is 11.1 Å². The van der Waals surface area contributed by atoms with Gasteiger partial charge in [-0.25, -0.2) is 4.98 Å². The van der Waals surface area contributed by atoms with E-state index in [4.69, 9.17) is 9.94 Å². The minimum Gasteiger partial charge on any atom is -0.497 e. The third-order valence-corrected chi connectivity index (χ3v) is 3.41. The van der Waals surface area contributed by atoms with Crippen LogP contribution in [0.3, 0.4) is 0 Å². The molecular formula is C16H15N3O2. The van der Waals surface area contributed by atoms with Gasteiger partial charge in [0.1, 0.15) is 11.6 Å². The molecule has 5 nitrogen and oxygen atoms in total. The van der Waals surface area contributed by atoms with Crippen molar-refractivity contribution in [2.45, 2.75) is 6.92 Å². The number of rotatable bonds is 3. The Bertz CT molecular complexity index is 804. The van der Waals surface area contributed by atoms with Gasteiger partial charge in [-0.15, -0.1) is 0 Å². The number of aromatic amines is 1. The Morgan fingerprint density at radius 2 is 1.95 bits per heavy atom. The van der Waals surface area contributed by atoms with Gasteiger partial charge in [0.2, 0.25) is 0 Å². The van der Waals surface area contributed by atoms with Crippen molar-refractivity contribution in [2.24, 2.45) is 5.16 Å². The van der Waals surface area contributed by atoms with E-state index in [-0.39, 0.29) is 0 Å². The molecule has 106 valence electrons. The Labute approximate surface area is 121 Å². The number of methoxy groups -OCH3 is 1. The number of nitrogens with zero attached hydrogens (tertiary/aromatic N) is 2. The Kier molecular flexibility index (Phi) is 3.31. The van der Waals surface area contributed by atoms with Gasteiger partial charge >= 0.3 is 0 Å². The van der Waals surface area contributed by atoms with Crippen molar-refractivity contribution in [3.8, 4) is 17.1 Å². The van der Waals surface area contributed by atoms with Crippen molar-refractivity contribution in [3.05, 3.63) is 48.0 Å². The molecule has 0 saturated carbocycles. The van der Waals surface area contributed by atoms with E-state index in [2.05, 4.69) is 15.1 Å². The number of H-pyrrole nitrogens is 1. The summed E-state index contributed by atoms with van der Waals surface area (Å²) in [4.78, 5) is 7.85. The van der Waals surface area contributed by atoms with Crippen LogP contribution in [0, 0.1) is 0 Å². The summed E-state index contributed by atoms with van der Waals surface area (Å²) in [6.45, 7) is 1.75. The third kappa shape index (κ3) is 2.45. The van der Waals surface area contributed by atoms with Gasteiger partial charge in [0.25, 0.3) is 0 Å². The van der Waals surface area contributed by atoms with Crippen molar-refractivity contribution in [1.82, 2.24) is 9.97 Å². The quantitative estimate of drug-likeness (QED) is 0.439. The molecule has 0 bridgehead atoms. The first-order chi connectivity index (χ1) is 10.2. The second-order valence-electron chi connectivity index (χ2n) is 4.73. The molecule has 0 aliphatic carbocycles. The molecule has 5 heteroatoms. The zero-order chi connectivity index (χ0) is 14.8. The Morgan fingerprint density at radius 3 is 2.62 bits per heavy atom. The van der Waals surface area contributed by atoms with E-state index in [9.17, 15) is 0 Å². The van der Waals surface area contributed by atoms with Crippen LogP contribution in [0.1, 0.15) is 12.5 Å².